The molecular weight excluding hydrogens is 329 g/mol. The second kappa shape index (κ2) is 7.95. The third-order valence-electron chi connectivity index (χ3n) is 4.41. The zero-order valence-corrected chi connectivity index (χ0v) is 14.9. The fraction of sp³-hybridized carbons (Fsp3) is 0.238. The molecule has 2 aromatic carbocycles. The Labute approximate surface area is 152 Å². The molecule has 1 atom stereocenters. The minimum absolute atomic E-state index is 0.0564. The third-order valence-corrected chi connectivity index (χ3v) is 4.41. The molecule has 3 aromatic rings. The molecule has 0 aliphatic rings. The fourth-order valence-corrected chi connectivity index (χ4v) is 2.80. The predicted octanol–water partition coefficient (Wildman–Crippen LogP) is 4.14. The average Bonchev–Trinajstić information content (AvgIpc) is 3.14. The van der Waals surface area contributed by atoms with Crippen LogP contribution in [0, 0.1) is 11.7 Å². The number of nitrogens with one attached hydrogen (secondary N) is 1. The lowest BCUT2D eigenvalue weighted by molar-refractivity contribution is 0.0916. The van der Waals surface area contributed by atoms with Gasteiger partial charge in [-0.15, -0.1) is 0 Å². The van der Waals surface area contributed by atoms with Gasteiger partial charge in [0.25, 0.3) is 5.91 Å². The van der Waals surface area contributed by atoms with Gasteiger partial charge in [0.15, 0.2) is 0 Å². The fourth-order valence-electron chi connectivity index (χ4n) is 2.80. The van der Waals surface area contributed by atoms with Crippen LogP contribution in [0.4, 0.5) is 4.39 Å². The van der Waals surface area contributed by atoms with Crippen LogP contribution in [-0.2, 0) is 6.54 Å². The van der Waals surface area contributed by atoms with Crippen molar-refractivity contribution in [1.82, 2.24) is 14.9 Å². The highest BCUT2D eigenvalue weighted by Crippen LogP contribution is 2.22. The van der Waals surface area contributed by atoms with Gasteiger partial charge in [0, 0.05) is 25.0 Å². The molecule has 134 valence electrons. The molecule has 0 spiro atoms. The molecule has 0 saturated carbocycles. The van der Waals surface area contributed by atoms with Crippen molar-refractivity contribution >= 4 is 5.91 Å². The molecule has 1 amide bonds. The van der Waals surface area contributed by atoms with Crippen LogP contribution in [0.15, 0.2) is 67.3 Å². The molecule has 0 fully saturated rings. The molecular formula is C21H22FN3O. The number of halogens is 1. The minimum Gasteiger partial charge on any atom is -0.347 e. The first kappa shape index (κ1) is 17.9. The highest BCUT2D eigenvalue weighted by molar-refractivity contribution is 5.95. The van der Waals surface area contributed by atoms with Crippen molar-refractivity contribution in [3.63, 3.8) is 0 Å². The molecule has 3 rings (SSSR count). The van der Waals surface area contributed by atoms with E-state index in [0.717, 1.165) is 11.1 Å². The Morgan fingerprint density at radius 3 is 2.54 bits per heavy atom. The zero-order valence-electron chi connectivity index (χ0n) is 14.9. The second-order valence-electron chi connectivity index (χ2n) is 6.64. The number of rotatable bonds is 6. The molecule has 1 heterocycles. The zero-order chi connectivity index (χ0) is 18.5. The Bertz CT molecular complexity index is 860. The summed E-state index contributed by atoms with van der Waals surface area (Å²) in [7, 11) is 0. The summed E-state index contributed by atoms with van der Waals surface area (Å²) in [5.74, 6) is -0.720. The van der Waals surface area contributed by atoms with Crippen LogP contribution < -0.4 is 5.32 Å². The van der Waals surface area contributed by atoms with Gasteiger partial charge in [-0.05, 0) is 29.2 Å². The standard InChI is InChI=1S/C21H22FN3O/c1-15(2)20(13-25-11-10-23-14-25)24-21(26)18-9-8-17(12-19(18)22)16-6-4-3-5-7-16/h3-12,14-15,20H,13H2,1-2H3,(H,24,26)/t20-/m1/s1. The van der Waals surface area contributed by atoms with E-state index in [1.165, 1.54) is 6.07 Å². The molecule has 0 saturated heterocycles. The summed E-state index contributed by atoms with van der Waals surface area (Å²) in [6.45, 7) is 4.64. The Morgan fingerprint density at radius 2 is 1.92 bits per heavy atom. The molecule has 1 aromatic heterocycles. The summed E-state index contributed by atoms with van der Waals surface area (Å²) in [6.07, 6.45) is 5.24. The van der Waals surface area contributed by atoms with Crippen molar-refractivity contribution in [2.24, 2.45) is 5.92 Å². The van der Waals surface area contributed by atoms with E-state index in [-0.39, 0.29) is 17.5 Å². The molecule has 0 bridgehead atoms. The predicted molar refractivity (Wildman–Crippen MR) is 100 cm³/mol. The summed E-state index contributed by atoms with van der Waals surface area (Å²) < 4.78 is 16.4. The van der Waals surface area contributed by atoms with Crippen molar-refractivity contribution in [2.45, 2.75) is 26.4 Å². The number of aromatic nitrogens is 2. The lowest BCUT2D eigenvalue weighted by atomic mass is 10.0. The van der Waals surface area contributed by atoms with Crippen LogP contribution in [-0.4, -0.2) is 21.5 Å². The van der Waals surface area contributed by atoms with Gasteiger partial charge in [-0.25, -0.2) is 9.37 Å². The normalized spacial score (nSPS) is 12.2. The summed E-state index contributed by atoms with van der Waals surface area (Å²) in [5, 5.41) is 2.94. The van der Waals surface area contributed by atoms with Crippen molar-refractivity contribution in [2.75, 3.05) is 0 Å². The van der Waals surface area contributed by atoms with Gasteiger partial charge < -0.3 is 9.88 Å². The molecule has 4 nitrogen and oxygen atoms in total. The van der Waals surface area contributed by atoms with E-state index in [0.29, 0.717) is 6.54 Å². The molecule has 0 aliphatic heterocycles. The SMILES string of the molecule is CC(C)[C@@H](Cn1ccnc1)NC(=O)c1ccc(-c2ccccc2)cc1F. The topological polar surface area (TPSA) is 46.9 Å². The number of hydrogen-bond donors (Lipinski definition) is 1. The number of carbonyl (C=O) groups excluding carboxylic acids is 1. The van der Waals surface area contributed by atoms with Crippen molar-refractivity contribution < 1.29 is 9.18 Å². The van der Waals surface area contributed by atoms with Crippen LogP contribution in [0.2, 0.25) is 0 Å². The third kappa shape index (κ3) is 4.17. The first-order chi connectivity index (χ1) is 12.5. The number of carbonyl (C=O) groups is 1. The number of amides is 1. The van der Waals surface area contributed by atoms with Crippen LogP contribution in [0.5, 0.6) is 0 Å². The van der Waals surface area contributed by atoms with Gasteiger partial charge in [0.1, 0.15) is 5.82 Å². The van der Waals surface area contributed by atoms with Crippen molar-refractivity contribution in [3.05, 3.63) is 78.6 Å². The van der Waals surface area contributed by atoms with Gasteiger partial charge in [0.2, 0.25) is 0 Å². The highest BCUT2D eigenvalue weighted by Gasteiger charge is 2.20. The first-order valence-corrected chi connectivity index (χ1v) is 8.66. The second-order valence-corrected chi connectivity index (χ2v) is 6.64. The molecule has 1 N–H and O–H groups in total. The van der Waals surface area contributed by atoms with E-state index in [1.54, 1.807) is 24.7 Å². The quantitative estimate of drug-likeness (QED) is 0.725. The monoisotopic (exact) mass is 351 g/mol. The van der Waals surface area contributed by atoms with Crippen LogP contribution in [0.25, 0.3) is 11.1 Å². The first-order valence-electron chi connectivity index (χ1n) is 8.66. The molecule has 0 radical (unpaired) electrons. The maximum atomic E-state index is 14.5. The molecule has 0 unspecified atom stereocenters. The van der Waals surface area contributed by atoms with Gasteiger partial charge in [0.05, 0.1) is 11.9 Å². The lowest BCUT2D eigenvalue weighted by Crippen LogP contribution is -2.41. The number of hydrogen-bond acceptors (Lipinski definition) is 2. The van der Waals surface area contributed by atoms with Crippen molar-refractivity contribution in [3.8, 4) is 11.1 Å². The summed E-state index contributed by atoms with van der Waals surface area (Å²) in [6, 6.07) is 14.1. The van der Waals surface area contributed by atoms with E-state index in [4.69, 9.17) is 0 Å². The van der Waals surface area contributed by atoms with Crippen LogP contribution in [0.3, 0.4) is 0 Å². The Balaban J connectivity index is 1.76. The van der Waals surface area contributed by atoms with Gasteiger partial charge in [-0.2, -0.15) is 0 Å². The maximum Gasteiger partial charge on any atom is 0.254 e. The Kier molecular flexibility index (Phi) is 5.46. The minimum atomic E-state index is -0.519. The Hall–Kier alpha value is -2.95. The smallest absolute Gasteiger partial charge is 0.254 e. The molecule has 26 heavy (non-hydrogen) atoms. The van der Waals surface area contributed by atoms with Crippen LogP contribution in [0.1, 0.15) is 24.2 Å². The highest BCUT2D eigenvalue weighted by atomic mass is 19.1. The number of nitrogens with zero attached hydrogens (tertiary/aromatic N) is 2. The van der Waals surface area contributed by atoms with E-state index in [9.17, 15) is 9.18 Å². The maximum absolute atomic E-state index is 14.5. The van der Waals surface area contributed by atoms with E-state index in [2.05, 4.69) is 10.3 Å². The van der Waals surface area contributed by atoms with Gasteiger partial charge >= 0.3 is 0 Å². The Morgan fingerprint density at radius 1 is 1.15 bits per heavy atom. The lowest BCUT2D eigenvalue weighted by Gasteiger charge is -2.23. The van der Waals surface area contributed by atoms with E-state index in [1.807, 2.05) is 54.9 Å². The summed E-state index contributed by atoms with van der Waals surface area (Å²) >= 11 is 0. The van der Waals surface area contributed by atoms with Crippen molar-refractivity contribution in [1.29, 1.82) is 0 Å². The van der Waals surface area contributed by atoms with E-state index >= 15 is 0 Å². The van der Waals surface area contributed by atoms with Crippen LogP contribution >= 0.6 is 0 Å². The average molecular weight is 351 g/mol. The number of benzene rings is 2. The molecule has 0 aliphatic carbocycles. The largest absolute Gasteiger partial charge is 0.347 e. The van der Waals surface area contributed by atoms with Gasteiger partial charge in [-0.3, -0.25) is 4.79 Å². The van der Waals surface area contributed by atoms with Gasteiger partial charge in [-0.1, -0.05) is 50.2 Å². The van der Waals surface area contributed by atoms with E-state index < -0.39 is 11.7 Å². The number of imidazole rings is 1. The molecule has 5 heteroatoms. The summed E-state index contributed by atoms with van der Waals surface area (Å²) in [5.41, 5.74) is 1.72. The summed E-state index contributed by atoms with van der Waals surface area (Å²) in [4.78, 5) is 16.6.